The van der Waals surface area contributed by atoms with E-state index in [9.17, 15) is 9.59 Å². The van der Waals surface area contributed by atoms with Gasteiger partial charge < -0.3 is 4.42 Å². The Morgan fingerprint density at radius 2 is 2.04 bits per heavy atom. The first-order valence-corrected chi connectivity index (χ1v) is 9.09. The third kappa shape index (κ3) is 3.34. The van der Waals surface area contributed by atoms with Crippen molar-refractivity contribution < 1.29 is 14.0 Å². The van der Waals surface area contributed by atoms with Crippen LogP contribution in [-0.2, 0) is 4.79 Å². The normalized spacial score (nSPS) is 15.7. The minimum absolute atomic E-state index is 0.251. The summed E-state index contributed by atoms with van der Waals surface area (Å²) in [6.45, 7) is 1.67. The largest absolute Gasteiger partial charge is 0.469 e. The van der Waals surface area contributed by atoms with E-state index in [2.05, 4.69) is 15.4 Å². The van der Waals surface area contributed by atoms with Crippen molar-refractivity contribution in [3.63, 3.8) is 0 Å². The molecule has 1 aromatic carbocycles. The van der Waals surface area contributed by atoms with E-state index in [0.717, 1.165) is 33.4 Å². The second-order valence-corrected chi connectivity index (χ2v) is 7.33. The molecule has 9 heteroatoms. The van der Waals surface area contributed by atoms with Gasteiger partial charge in [0, 0.05) is 12.4 Å². The summed E-state index contributed by atoms with van der Waals surface area (Å²) in [5, 5.41) is 1.07. The Morgan fingerprint density at radius 3 is 2.78 bits per heavy atom. The van der Waals surface area contributed by atoms with Crippen LogP contribution in [0.1, 0.15) is 21.7 Å². The number of hydrogen-bond acceptors (Lipinski definition) is 7. The number of carbonyl (C=O) groups excluding carboxylic acids is 2. The highest BCUT2D eigenvalue weighted by molar-refractivity contribution is 8.26. The highest BCUT2D eigenvalue weighted by Crippen LogP contribution is 2.31. The van der Waals surface area contributed by atoms with Crippen LogP contribution in [0, 0.1) is 6.92 Å². The Kier molecular flexibility index (Phi) is 4.46. The van der Waals surface area contributed by atoms with Crippen LogP contribution in [0.15, 0.2) is 52.2 Å². The first-order chi connectivity index (χ1) is 13.0. The van der Waals surface area contributed by atoms with Crippen LogP contribution in [0.4, 0.5) is 0 Å². The molecule has 4 rings (SSSR count). The number of thiocarbonyl (C=S) groups is 1. The number of rotatable bonds is 3. The summed E-state index contributed by atoms with van der Waals surface area (Å²) in [6.07, 6.45) is 6.36. The van der Waals surface area contributed by atoms with Gasteiger partial charge in [-0.05, 0) is 49.0 Å². The summed E-state index contributed by atoms with van der Waals surface area (Å²) in [5.41, 5.74) is 5.16. The lowest BCUT2D eigenvalue weighted by Gasteiger charge is -2.15. The first-order valence-electron chi connectivity index (χ1n) is 7.87. The maximum absolute atomic E-state index is 12.7. The fourth-order valence-corrected chi connectivity index (χ4v) is 3.75. The summed E-state index contributed by atoms with van der Waals surface area (Å²) >= 11 is 6.36. The zero-order chi connectivity index (χ0) is 19.0. The van der Waals surface area contributed by atoms with Crippen LogP contribution in [0.5, 0.6) is 0 Å². The molecule has 2 amide bonds. The van der Waals surface area contributed by atoms with Gasteiger partial charge in [0.2, 0.25) is 0 Å². The molecule has 134 valence electrons. The molecule has 1 saturated heterocycles. The van der Waals surface area contributed by atoms with E-state index in [4.69, 9.17) is 16.6 Å². The number of nitrogens with zero attached hydrogens (tertiary/aromatic N) is 3. The Labute approximate surface area is 163 Å². The second kappa shape index (κ2) is 6.93. The summed E-state index contributed by atoms with van der Waals surface area (Å²) in [6, 6.07) is 7.05. The highest BCUT2D eigenvalue weighted by Gasteiger charge is 2.34. The van der Waals surface area contributed by atoms with Gasteiger partial charge in [-0.1, -0.05) is 17.8 Å². The minimum atomic E-state index is -0.459. The number of amides is 2. The first kappa shape index (κ1) is 17.4. The minimum Gasteiger partial charge on any atom is -0.469 e. The summed E-state index contributed by atoms with van der Waals surface area (Å²) in [7, 11) is 0. The van der Waals surface area contributed by atoms with Gasteiger partial charge in [-0.3, -0.25) is 25.0 Å². The summed E-state index contributed by atoms with van der Waals surface area (Å²) in [4.78, 5) is 33.9. The number of aryl methyl sites for hydroxylation is 1. The van der Waals surface area contributed by atoms with Crippen LogP contribution >= 0.6 is 24.0 Å². The van der Waals surface area contributed by atoms with E-state index in [1.54, 1.807) is 25.4 Å². The van der Waals surface area contributed by atoms with Crippen molar-refractivity contribution >= 4 is 57.2 Å². The fourth-order valence-electron chi connectivity index (χ4n) is 2.57. The predicted molar refractivity (Wildman–Crippen MR) is 105 cm³/mol. The molecule has 0 bridgehead atoms. The van der Waals surface area contributed by atoms with Gasteiger partial charge in [-0.25, -0.2) is 0 Å². The molecule has 1 aliphatic rings. The topological polar surface area (TPSA) is 88.3 Å². The molecule has 3 heterocycles. The third-order valence-corrected chi connectivity index (χ3v) is 5.20. The molecule has 3 aromatic rings. The number of carbonyl (C=O) groups is 2. The molecule has 0 unspecified atom stereocenters. The number of hydrazine groups is 1. The van der Waals surface area contributed by atoms with Gasteiger partial charge in [0.25, 0.3) is 11.8 Å². The maximum atomic E-state index is 12.7. The molecule has 2 aromatic heterocycles. The van der Waals surface area contributed by atoms with E-state index < -0.39 is 11.8 Å². The van der Waals surface area contributed by atoms with Crippen molar-refractivity contribution in [1.82, 2.24) is 20.4 Å². The summed E-state index contributed by atoms with van der Waals surface area (Å²) < 4.78 is 5.37. The molecular formula is C18H12N4O3S2. The standard InChI is InChI=1S/C18H12N4O3S2/c1-10-12(4-7-25-10)16(23)21-22-17(24)15(27-18(22)26)9-11-2-3-13-14(8-11)20-6-5-19-13/h2-9H,1H3,(H,21,23). The average molecular weight is 396 g/mol. The maximum Gasteiger partial charge on any atom is 0.285 e. The van der Waals surface area contributed by atoms with Crippen LogP contribution in [0.2, 0.25) is 0 Å². The van der Waals surface area contributed by atoms with E-state index in [1.165, 1.54) is 12.3 Å². The molecule has 0 spiro atoms. The van der Waals surface area contributed by atoms with Crippen molar-refractivity contribution in [3.05, 3.63) is 64.7 Å². The number of hydrogen-bond donors (Lipinski definition) is 1. The molecule has 1 fully saturated rings. The number of nitrogens with one attached hydrogen (secondary N) is 1. The molecule has 1 N–H and O–H groups in total. The Morgan fingerprint density at radius 1 is 1.26 bits per heavy atom. The second-order valence-electron chi connectivity index (χ2n) is 5.65. The lowest BCUT2D eigenvalue weighted by atomic mass is 10.2. The van der Waals surface area contributed by atoms with Gasteiger partial charge >= 0.3 is 0 Å². The zero-order valence-electron chi connectivity index (χ0n) is 14.0. The van der Waals surface area contributed by atoms with Gasteiger partial charge in [-0.15, -0.1) is 0 Å². The quantitative estimate of drug-likeness (QED) is 0.538. The lowest BCUT2D eigenvalue weighted by Crippen LogP contribution is -2.44. The van der Waals surface area contributed by atoms with Crippen molar-refractivity contribution in [2.75, 3.05) is 0 Å². The fraction of sp³-hybridized carbons (Fsp3) is 0.0556. The lowest BCUT2D eigenvalue weighted by molar-refractivity contribution is -0.123. The molecule has 27 heavy (non-hydrogen) atoms. The van der Waals surface area contributed by atoms with Crippen LogP contribution in [0.3, 0.4) is 0 Å². The molecule has 0 saturated carbocycles. The number of aromatic nitrogens is 2. The van der Waals surface area contributed by atoms with Crippen molar-refractivity contribution in [3.8, 4) is 0 Å². The van der Waals surface area contributed by atoms with Crippen molar-refractivity contribution in [1.29, 1.82) is 0 Å². The van der Waals surface area contributed by atoms with Crippen molar-refractivity contribution in [2.24, 2.45) is 0 Å². The molecule has 0 aliphatic carbocycles. The van der Waals surface area contributed by atoms with Gasteiger partial charge in [-0.2, -0.15) is 5.01 Å². The molecule has 1 aliphatic heterocycles. The van der Waals surface area contributed by atoms with E-state index in [-0.39, 0.29) is 4.32 Å². The summed E-state index contributed by atoms with van der Waals surface area (Å²) in [5.74, 6) is -0.385. The smallest absolute Gasteiger partial charge is 0.285 e. The van der Waals surface area contributed by atoms with Gasteiger partial charge in [0.05, 0.1) is 27.8 Å². The predicted octanol–water partition coefficient (Wildman–Crippen LogP) is 3.08. The molecular weight excluding hydrogens is 384 g/mol. The highest BCUT2D eigenvalue weighted by atomic mass is 32.2. The van der Waals surface area contributed by atoms with Gasteiger partial charge in [0.15, 0.2) is 4.32 Å². The third-order valence-electron chi connectivity index (χ3n) is 3.90. The number of thioether (sulfide) groups is 1. The molecule has 0 radical (unpaired) electrons. The Bertz CT molecular complexity index is 1120. The van der Waals surface area contributed by atoms with Crippen LogP contribution < -0.4 is 5.43 Å². The monoisotopic (exact) mass is 396 g/mol. The van der Waals surface area contributed by atoms with E-state index >= 15 is 0 Å². The average Bonchev–Trinajstić information content (AvgIpc) is 3.20. The molecule has 0 atom stereocenters. The van der Waals surface area contributed by atoms with E-state index in [0.29, 0.717) is 16.2 Å². The van der Waals surface area contributed by atoms with Gasteiger partial charge in [0.1, 0.15) is 5.76 Å². The SMILES string of the molecule is Cc1occc1C(=O)NN1C(=O)C(=Cc2ccc3nccnc3c2)SC1=S. The number of benzene rings is 1. The van der Waals surface area contributed by atoms with E-state index in [1.807, 2.05) is 18.2 Å². The number of fused-ring (bicyclic) bond motifs is 1. The van der Waals surface area contributed by atoms with Crippen LogP contribution in [0.25, 0.3) is 17.1 Å². The Hall–Kier alpha value is -3.04. The Balaban J connectivity index is 1.57. The van der Waals surface area contributed by atoms with Crippen molar-refractivity contribution in [2.45, 2.75) is 6.92 Å². The van der Waals surface area contributed by atoms with Crippen LogP contribution in [-0.4, -0.2) is 31.1 Å². The molecule has 7 nitrogen and oxygen atoms in total. The zero-order valence-corrected chi connectivity index (χ0v) is 15.6. The number of furan rings is 1.